The number of halogens is 1. The van der Waals surface area contributed by atoms with Gasteiger partial charge in [0.05, 0.1) is 28.0 Å². The zero-order valence-electron chi connectivity index (χ0n) is 15.8. The molecule has 0 aliphatic heterocycles. The number of aryl methyl sites for hydroxylation is 3. The molecule has 4 rings (SSSR count). The molecule has 0 aliphatic rings. The lowest BCUT2D eigenvalue weighted by atomic mass is 10.2. The van der Waals surface area contributed by atoms with Crippen molar-refractivity contribution in [3.63, 3.8) is 0 Å². The molecule has 28 heavy (non-hydrogen) atoms. The van der Waals surface area contributed by atoms with Crippen LogP contribution < -0.4 is 4.90 Å². The Morgan fingerprint density at radius 1 is 1.14 bits per heavy atom. The molecule has 0 radical (unpaired) electrons. The monoisotopic (exact) mass is 410 g/mol. The van der Waals surface area contributed by atoms with Crippen LogP contribution in [0.25, 0.3) is 10.2 Å². The highest BCUT2D eigenvalue weighted by molar-refractivity contribution is 7.23. The Kier molecular flexibility index (Phi) is 4.91. The zero-order valence-corrected chi connectivity index (χ0v) is 17.4. The summed E-state index contributed by atoms with van der Waals surface area (Å²) in [7, 11) is 1.78. The third-order valence-corrected chi connectivity index (χ3v) is 6.21. The van der Waals surface area contributed by atoms with Crippen molar-refractivity contribution in [2.24, 2.45) is 7.05 Å². The van der Waals surface area contributed by atoms with Gasteiger partial charge in [0.25, 0.3) is 5.91 Å². The first kappa shape index (κ1) is 18.7. The van der Waals surface area contributed by atoms with Crippen molar-refractivity contribution in [2.45, 2.75) is 20.4 Å². The van der Waals surface area contributed by atoms with Gasteiger partial charge in [-0.05, 0) is 36.6 Å². The number of hydrogen-bond donors (Lipinski definition) is 0. The molecular weight excluding hydrogens is 392 g/mol. The average molecular weight is 411 g/mol. The topological polar surface area (TPSA) is 51.0 Å². The summed E-state index contributed by atoms with van der Waals surface area (Å²) in [5.41, 5.74) is 4.28. The molecule has 142 valence electrons. The van der Waals surface area contributed by atoms with Crippen LogP contribution in [0.3, 0.4) is 0 Å². The Morgan fingerprint density at radius 3 is 2.54 bits per heavy atom. The van der Waals surface area contributed by atoms with Crippen molar-refractivity contribution in [3.8, 4) is 0 Å². The first-order chi connectivity index (χ1) is 13.5. The predicted octanol–water partition coefficient (Wildman–Crippen LogP) is 5.15. The molecule has 0 fully saturated rings. The maximum atomic E-state index is 13.5. The summed E-state index contributed by atoms with van der Waals surface area (Å²) < 4.78 is 2.51. The molecule has 0 unspecified atom stereocenters. The first-order valence-corrected chi connectivity index (χ1v) is 10.0. The number of thiazole rings is 1. The molecule has 5 nitrogen and oxygen atoms in total. The summed E-state index contributed by atoms with van der Waals surface area (Å²) in [4.78, 5) is 20.0. The molecule has 2 aromatic heterocycles. The molecule has 0 bridgehead atoms. The highest BCUT2D eigenvalue weighted by atomic mass is 35.5. The molecule has 0 saturated carbocycles. The summed E-state index contributed by atoms with van der Waals surface area (Å²) in [6.07, 6.45) is 1.70. The lowest BCUT2D eigenvalue weighted by Gasteiger charge is -2.20. The molecule has 0 spiro atoms. The van der Waals surface area contributed by atoms with Crippen molar-refractivity contribution in [2.75, 3.05) is 4.90 Å². The minimum atomic E-state index is -0.130. The summed E-state index contributed by atoms with van der Waals surface area (Å²) in [6.45, 7) is 4.30. The van der Waals surface area contributed by atoms with Crippen molar-refractivity contribution in [1.82, 2.24) is 14.8 Å². The number of anilines is 1. The van der Waals surface area contributed by atoms with Crippen LogP contribution in [-0.4, -0.2) is 20.7 Å². The average Bonchev–Trinajstić information content (AvgIpc) is 3.28. The van der Waals surface area contributed by atoms with Gasteiger partial charge < -0.3 is 0 Å². The molecule has 0 aliphatic carbocycles. The van der Waals surface area contributed by atoms with Gasteiger partial charge >= 0.3 is 0 Å². The SMILES string of the molecule is Cc1cnn(C)c1C(=O)N(Cc1ccccc1)c1nc2c(C)ccc(Cl)c2s1. The van der Waals surface area contributed by atoms with E-state index in [1.165, 1.54) is 11.3 Å². The third-order valence-electron chi connectivity index (χ3n) is 4.67. The van der Waals surface area contributed by atoms with Gasteiger partial charge in [0.1, 0.15) is 5.69 Å². The van der Waals surface area contributed by atoms with Gasteiger partial charge in [-0.15, -0.1) is 0 Å². The number of benzene rings is 2. The van der Waals surface area contributed by atoms with E-state index in [2.05, 4.69) is 5.10 Å². The van der Waals surface area contributed by atoms with Crippen LogP contribution in [0.2, 0.25) is 5.02 Å². The largest absolute Gasteiger partial charge is 0.278 e. The van der Waals surface area contributed by atoms with Crippen LogP contribution in [0.1, 0.15) is 27.2 Å². The maximum Gasteiger partial charge on any atom is 0.278 e. The molecule has 7 heteroatoms. The van der Waals surface area contributed by atoms with E-state index in [4.69, 9.17) is 16.6 Å². The van der Waals surface area contributed by atoms with Gasteiger partial charge in [0.15, 0.2) is 5.13 Å². The molecule has 0 saturated heterocycles. The number of aromatic nitrogens is 3. The van der Waals surface area contributed by atoms with E-state index in [9.17, 15) is 4.79 Å². The van der Waals surface area contributed by atoms with E-state index in [1.54, 1.807) is 22.8 Å². The number of rotatable bonds is 4. The van der Waals surface area contributed by atoms with E-state index < -0.39 is 0 Å². The van der Waals surface area contributed by atoms with Crippen LogP contribution in [0.5, 0.6) is 0 Å². The van der Waals surface area contributed by atoms with E-state index in [0.717, 1.165) is 26.9 Å². The van der Waals surface area contributed by atoms with Crippen molar-refractivity contribution in [3.05, 3.63) is 76.1 Å². The van der Waals surface area contributed by atoms with Gasteiger partial charge in [0, 0.05) is 7.05 Å². The number of nitrogens with zero attached hydrogens (tertiary/aromatic N) is 4. The van der Waals surface area contributed by atoms with Crippen LogP contribution in [0.15, 0.2) is 48.7 Å². The van der Waals surface area contributed by atoms with Crippen LogP contribution >= 0.6 is 22.9 Å². The van der Waals surface area contributed by atoms with Crippen molar-refractivity contribution in [1.29, 1.82) is 0 Å². The lowest BCUT2D eigenvalue weighted by Crippen LogP contribution is -2.32. The van der Waals surface area contributed by atoms with Gasteiger partial charge in [-0.1, -0.05) is 59.3 Å². The normalized spacial score (nSPS) is 11.1. The Bertz CT molecular complexity index is 1110. The van der Waals surface area contributed by atoms with E-state index >= 15 is 0 Å². The Hall–Kier alpha value is -2.70. The summed E-state index contributed by atoms with van der Waals surface area (Å²) in [5.74, 6) is -0.130. The second kappa shape index (κ2) is 7.37. The minimum absolute atomic E-state index is 0.130. The van der Waals surface area contributed by atoms with E-state index in [1.807, 2.05) is 56.3 Å². The van der Waals surface area contributed by atoms with Gasteiger partial charge in [0.2, 0.25) is 0 Å². The predicted molar refractivity (Wildman–Crippen MR) is 114 cm³/mol. The number of carbonyl (C=O) groups excluding carboxylic acids is 1. The maximum absolute atomic E-state index is 13.5. The molecule has 1 amide bonds. The van der Waals surface area contributed by atoms with Crippen LogP contribution in [0.4, 0.5) is 5.13 Å². The summed E-state index contributed by atoms with van der Waals surface area (Å²) in [5, 5.41) is 5.49. The van der Waals surface area contributed by atoms with Gasteiger partial charge in [-0.25, -0.2) is 4.98 Å². The highest BCUT2D eigenvalue weighted by Crippen LogP contribution is 2.36. The Labute approximate surface area is 172 Å². The number of carbonyl (C=O) groups is 1. The molecule has 2 aromatic carbocycles. The second-order valence-corrected chi connectivity index (χ2v) is 8.10. The number of fused-ring (bicyclic) bond motifs is 1. The van der Waals surface area contributed by atoms with Crippen molar-refractivity contribution >= 4 is 44.2 Å². The van der Waals surface area contributed by atoms with Crippen LogP contribution in [-0.2, 0) is 13.6 Å². The Morgan fingerprint density at radius 2 is 1.89 bits per heavy atom. The van der Waals surface area contributed by atoms with E-state index in [0.29, 0.717) is 22.4 Å². The molecule has 4 aromatic rings. The lowest BCUT2D eigenvalue weighted by molar-refractivity contribution is 0.0975. The molecule has 0 N–H and O–H groups in total. The van der Waals surface area contributed by atoms with Gasteiger partial charge in [-0.2, -0.15) is 5.10 Å². The Balaban J connectivity index is 1.85. The molecule has 2 heterocycles. The van der Waals surface area contributed by atoms with Crippen LogP contribution in [0, 0.1) is 13.8 Å². The zero-order chi connectivity index (χ0) is 19.8. The summed E-state index contributed by atoms with van der Waals surface area (Å²) >= 11 is 7.82. The fraction of sp³-hybridized carbons (Fsp3) is 0.190. The molecular formula is C21H19ClN4OS. The summed E-state index contributed by atoms with van der Waals surface area (Å²) in [6, 6.07) is 13.7. The standard InChI is InChI=1S/C21H19ClN4OS/c1-13-9-10-16(22)19-17(13)24-21(28-19)26(12-15-7-5-4-6-8-15)20(27)18-14(2)11-23-25(18)3/h4-11H,12H2,1-3H3. The minimum Gasteiger partial charge on any atom is -0.278 e. The first-order valence-electron chi connectivity index (χ1n) is 8.85. The fourth-order valence-corrected chi connectivity index (χ4v) is 4.49. The quantitative estimate of drug-likeness (QED) is 0.467. The smallest absolute Gasteiger partial charge is 0.278 e. The number of hydrogen-bond acceptors (Lipinski definition) is 4. The van der Waals surface area contributed by atoms with E-state index in [-0.39, 0.29) is 5.91 Å². The second-order valence-electron chi connectivity index (χ2n) is 6.72. The third kappa shape index (κ3) is 3.30. The molecule has 0 atom stereocenters. The number of amides is 1. The van der Waals surface area contributed by atoms with Gasteiger partial charge in [-0.3, -0.25) is 14.4 Å². The fourth-order valence-electron chi connectivity index (χ4n) is 3.18. The van der Waals surface area contributed by atoms with Crippen molar-refractivity contribution < 1.29 is 4.79 Å². The highest BCUT2D eigenvalue weighted by Gasteiger charge is 2.26.